The van der Waals surface area contributed by atoms with Gasteiger partial charge in [0.2, 0.25) is 0 Å². The number of fused-ring (bicyclic) bond motifs is 1. The lowest BCUT2D eigenvalue weighted by Crippen LogP contribution is -2.24. The fourth-order valence-corrected chi connectivity index (χ4v) is 1.65. The van der Waals surface area contributed by atoms with E-state index in [4.69, 9.17) is 0 Å². The number of nitrogens with one attached hydrogen (secondary N) is 1. The van der Waals surface area contributed by atoms with Crippen molar-refractivity contribution in [3.05, 3.63) is 42.1 Å². The molecule has 0 aliphatic rings. The highest BCUT2D eigenvalue weighted by Gasteiger charge is 2.00. The Morgan fingerprint density at radius 3 is 2.94 bits per heavy atom. The van der Waals surface area contributed by atoms with Crippen LogP contribution in [0.25, 0.3) is 10.9 Å². The van der Waals surface area contributed by atoms with Crippen LogP contribution in [0.1, 0.15) is 25.8 Å². The highest BCUT2D eigenvalue weighted by Crippen LogP contribution is 2.12. The molecule has 1 N–H and O–H groups in total. The third-order valence-electron chi connectivity index (χ3n) is 2.91. The summed E-state index contributed by atoms with van der Waals surface area (Å²) in [5.74, 6) is 0. The number of nitrogens with zero attached hydrogens (tertiary/aromatic N) is 1. The van der Waals surface area contributed by atoms with Crippen LogP contribution >= 0.6 is 0 Å². The predicted molar refractivity (Wildman–Crippen MR) is 68.3 cm³/mol. The summed E-state index contributed by atoms with van der Waals surface area (Å²) >= 11 is 0. The molecule has 16 heavy (non-hydrogen) atoms. The van der Waals surface area contributed by atoms with Crippen LogP contribution in [0, 0.1) is 0 Å². The molecular weight excluding hydrogens is 196 g/mol. The van der Waals surface area contributed by atoms with Crippen LogP contribution in [0.2, 0.25) is 0 Å². The van der Waals surface area contributed by atoms with E-state index in [9.17, 15) is 0 Å². The second-order valence-corrected chi connectivity index (χ2v) is 4.23. The minimum Gasteiger partial charge on any atom is -0.310 e. The summed E-state index contributed by atoms with van der Waals surface area (Å²) in [5, 5.41) is 4.69. The van der Waals surface area contributed by atoms with Crippen LogP contribution in [0.5, 0.6) is 0 Å². The molecule has 0 aliphatic heterocycles. The molecule has 2 heteroatoms. The Hall–Kier alpha value is -1.41. The van der Waals surface area contributed by atoms with E-state index in [1.54, 1.807) is 0 Å². The van der Waals surface area contributed by atoms with Gasteiger partial charge in [0.1, 0.15) is 0 Å². The van der Waals surface area contributed by atoms with E-state index < -0.39 is 0 Å². The minimum atomic E-state index is 0.562. The fourth-order valence-electron chi connectivity index (χ4n) is 1.65. The molecule has 1 heterocycles. The van der Waals surface area contributed by atoms with E-state index >= 15 is 0 Å². The smallest absolute Gasteiger partial charge is 0.0702 e. The number of rotatable bonds is 4. The average Bonchev–Trinajstić information content (AvgIpc) is 2.35. The molecule has 0 bridgehead atoms. The number of hydrogen-bond acceptors (Lipinski definition) is 2. The zero-order valence-electron chi connectivity index (χ0n) is 9.90. The maximum absolute atomic E-state index is 4.44. The van der Waals surface area contributed by atoms with Gasteiger partial charge in [-0.15, -0.1) is 0 Å². The Morgan fingerprint density at radius 1 is 1.31 bits per heavy atom. The standard InChI is InChI=1S/C14H18N2/c1-3-11(2)15-9-12-8-13-6-4-5-7-14(13)16-10-12/h4-8,10-11,15H,3,9H2,1-2H3. The molecule has 0 aliphatic carbocycles. The second-order valence-electron chi connectivity index (χ2n) is 4.23. The molecule has 0 spiro atoms. The van der Waals surface area contributed by atoms with Crippen LogP contribution in [-0.2, 0) is 6.54 Å². The Balaban J connectivity index is 2.13. The summed E-state index contributed by atoms with van der Waals surface area (Å²) in [6.45, 7) is 5.29. The number of hydrogen-bond donors (Lipinski definition) is 1. The Bertz CT molecular complexity index is 465. The van der Waals surface area contributed by atoms with E-state index in [1.807, 2.05) is 18.3 Å². The lowest BCUT2D eigenvalue weighted by molar-refractivity contribution is 0.534. The zero-order valence-corrected chi connectivity index (χ0v) is 9.90. The summed E-state index contributed by atoms with van der Waals surface area (Å²) in [6.07, 6.45) is 3.11. The third kappa shape index (κ3) is 2.58. The van der Waals surface area contributed by atoms with Crippen molar-refractivity contribution in [1.29, 1.82) is 0 Å². The van der Waals surface area contributed by atoms with Crippen LogP contribution < -0.4 is 5.32 Å². The number of aromatic nitrogens is 1. The molecule has 2 aromatic rings. The Kier molecular flexibility index (Phi) is 3.52. The SMILES string of the molecule is CCC(C)NCc1cnc2ccccc2c1. The Morgan fingerprint density at radius 2 is 2.12 bits per heavy atom. The molecule has 84 valence electrons. The largest absolute Gasteiger partial charge is 0.310 e. The first-order valence-electron chi connectivity index (χ1n) is 5.86. The average molecular weight is 214 g/mol. The number of pyridine rings is 1. The van der Waals surface area contributed by atoms with Crippen molar-refractivity contribution in [3.63, 3.8) is 0 Å². The summed E-state index contributed by atoms with van der Waals surface area (Å²) in [6, 6.07) is 11.0. The topological polar surface area (TPSA) is 24.9 Å². The highest BCUT2D eigenvalue weighted by atomic mass is 14.9. The molecule has 2 nitrogen and oxygen atoms in total. The predicted octanol–water partition coefficient (Wildman–Crippen LogP) is 3.12. The van der Waals surface area contributed by atoms with Crippen molar-refractivity contribution in [2.75, 3.05) is 0 Å². The molecule has 2 rings (SSSR count). The van der Waals surface area contributed by atoms with Gasteiger partial charge >= 0.3 is 0 Å². The summed E-state index contributed by atoms with van der Waals surface area (Å²) in [4.78, 5) is 4.44. The van der Waals surface area contributed by atoms with Crippen LogP contribution in [0.4, 0.5) is 0 Å². The quantitative estimate of drug-likeness (QED) is 0.845. The molecular formula is C14H18N2. The third-order valence-corrected chi connectivity index (χ3v) is 2.91. The number of benzene rings is 1. The van der Waals surface area contributed by atoms with Crippen LogP contribution in [0.15, 0.2) is 36.5 Å². The van der Waals surface area contributed by atoms with Gasteiger partial charge in [-0.25, -0.2) is 0 Å². The zero-order chi connectivity index (χ0) is 11.4. The molecule has 0 radical (unpaired) electrons. The Labute approximate surface area is 96.7 Å². The maximum atomic E-state index is 4.44. The lowest BCUT2D eigenvalue weighted by Gasteiger charge is -2.11. The van der Waals surface area contributed by atoms with Crippen molar-refractivity contribution in [1.82, 2.24) is 10.3 Å². The molecule has 1 aromatic carbocycles. The van der Waals surface area contributed by atoms with E-state index in [0.717, 1.165) is 18.5 Å². The van der Waals surface area contributed by atoms with Gasteiger partial charge in [0.25, 0.3) is 0 Å². The molecule has 1 unspecified atom stereocenters. The first kappa shape index (κ1) is 11.1. The second kappa shape index (κ2) is 5.08. The fraction of sp³-hybridized carbons (Fsp3) is 0.357. The first-order valence-corrected chi connectivity index (χ1v) is 5.86. The van der Waals surface area contributed by atoms with Gasteiger partial charge < -0.3 is 5.32 Å². The van der Waals surface area contributed by atoms with Crippen molar-refractivity contribution in [3.8, 4) is 0 Å². The van der Waals surface area contributed by atoms with Crippen molar-refractivity contribution in [2.24, 2.45) is 0 Å². The maximum Gasteiger partial charge on any atom is 0.0702 e. The van der Waals surface area contributed by atoms with Crippen LogP contribution in [-0.4, -0.2) is 11.0 Å². The van der Waals surface area contributed by atoms with Gasteiger partial charge in [-0.2, -0.15) is 0 Å². The van der Waals surface area contributed by atoms with E-state index in [-0.39, 0.29) is 0 Å². The molecule has 1 aromatic heterocycles. The summed E-state index contributed by atoms with van der Waals surface area (Å²) < 4.78 is 0. The van der Waals surface area contributed by atoms with Gasteiger partial charge in [-0.05, 0) is 31.0 Å². The van der Waals surface area contributed by atoms with Gasteiger partial charge in [0.15, 0.2) is 0 Å². The highest BCUT2D eigenvalue weighted by molar-refractivity contribution is 5.78. The molecule has 0 amide bonds. The van der Waals surface area contributed by atoms with Crippen molar-refractivity contribution >= 4 is 10.9 Å². The van der Waals surface area contributed by atoms with Gasteiger partial charge in [-0.3, -0.25) is 4.98 Å². The van der Waals surface area contributed by atoms with Gasteiger partial charge in [0, 0.05) is 24.2 Å². The van der Waals surface area contributed by atoms with Gasteiger partial charge in [0.05, 0.1) is 5.52 Å². The van der Waals surface area contributed by atoms with E-state index in [2.05, 4.69) is 42.3 Å². The van der Waals surface area contributed by atoms with Crippen LogP contribution in [0.3, 0.4) is 0 Å². The molecule has 1 atom stereocenters. The van der Waals surface area contributed by atoms with Crippen molar-refractivity contribution in [2.45, 2.75) is 32.9 Å². The monoisotopic (exact) mass is 214 g/mol. The minimum absolute atomic E-state index is 0.562. The van der Waals surface area contributed by atoms with Gasteiger partial charge in [-0.1, -0.05) is 25.1 Å². The summed E-state index contributed by atoms with van der Waals surface area (Å²) in [7, 11) is 0. The number of para-hydroxylation sites is 1. The normalized spacial score (nSPS) is 12.9. The lowest BCUT2D eigenvalue weighted by atomic mass is 10.1. The summed E-state index contributed by atoms with van der Waals surface area (Å²) in [5.41, 5.74) is 2.31. The van der Waals surface area contributed by atoms with E-state index in [0.29, 0.717) is 6.04 Å². The molecule has 0 fully saturated rings. The van der Waals surface area contributed by atoms with Crippen molar-refractivity contribution < 1.29 is 0 Å². The first-order chi connectivity index (χ1) is 7.79. The molecule has 0 saturated heterocycles. The van der Waals surface area contributed by atoms with E-state index in [1.165, 1.54) is 10.9 Å². The molecule has 0 saturated carbocycles.